The standard InChI is InChI=1S/C12H15N5O3/c1-3-8(5-11(19)20)17-12(14-15-16-17)9-6-13-7(2)4-10(9)18/h4,6,8H,3,5H2,1-2H3,(H,13,18)(H,19,20). The highest BCUT2D eigenvalue weighted by Gasteiger charge is 2.21. The number of aryl methyl sites for hydroxylation is 1. The van der Waals surface area contributed by atoms with Crippen LogP contribution in [0, 0.1) is 6.92 Å². The molecule has 2 N–H and O–H groups in total. The van der Waals surface area contributed by atoms with E-state index >= 15 is 0 Å². The highest BCUT2D eigenvalue weighted by Crippen LogP contribution is 2.20. The molecule has 20 heavy (non-hydrogen) atoms. The Balaban J connectivity index is 2.46. The van der Waals surface area contributed by atoms with Crippen LogP contribution in [-0.4, -0.2) is 36.3 Å². The highest BCUT2D eigenvalue weighted by molar-refractivity contribution is 5.67. The number of nitrogens with zero attached hydrogens (tertiary/aromatic N) is 4. The third-order valence-corrected chi connectivity index (χ3v) is 3.02. The molecule has 0 spiro atoms. The number of carbonyl (C=O) groups is 1. The number of carboxylic acid groups (broad SMARTS) is 1. The first-order valence-corrected chi connectivity index (χ1v) is 6.22. The summed E-state index contributed by atoms with van der Waals surface area (Å²) in [6, 6.07) is 1.06. The number of aliphatic carboxylic acids is 1. The predicted octanol–water partition coefficient (Wildman–Crippen LogP) is 0.763. The minimum atomic E-state index is -0.934. The lowest BCUT2D eigenvalue weighted by atomic mass is 10.1. The van der Waals surface area contributed by atoms with Gasteiger partial charge in [0.2, 0.25) is 0 Å². The number of pyridine rings is 1. The van der Waals surface area contributed by atoms with E-state index in [9.17, 15) is 9.59 Å². The zero-order valence-electron chi connectivity index (χ0n) is 11.2. The SMILES string of the molecule is CCC(CC(=O)O)n1nnnc1-c1c[nH]c(C)cc1=O. The van der Waals surface area contributed by atoms with Gasteiger partial charge in [0.15, 0.2) is 11.3 Å². The molecule has 0 aliphatic heterocycles. The molecule has 0 aliphatic carbocycles. The maximum Gasteiger partial charge on any atom is 0.305 e. The smallest absolute Gasteiger partial charge is 0.305 e. The Hall–Kier alpha value is -2.51. The van der Waals surface area contributed by atoms with E-state index < -0.39 is 12.0 Å². The molecular formula is C12H15N5O3. The maximum absolute atomic E-state index is 12.0. The highest BCUT2D eigenvalue weighted by atomic mass is 16.4. The van der Waals surface area contributed by atoms with Crippen molar-refractivity contribution in [1.29, 1.82) is 0 Å². The van der Waals surface area contributed by atoms with E-state index in [4.69, 9.17) is 5.11 Å². The molecule has 2 aromatic rings. The molecule has 8 heteroatoms. The number of tetrazole rings is 1. The van der Waals surface area contributed by atoms with Crippen molar-refractivity contribution in [2.45, 2.75) is 32.7 Å². The summed E-state index contributed by atoms with van der Waals surface area (Å²) in [6.07, 6.45) is 1.99. The average Bonchev–Trinajstić information content (AvgIpc) is 2.84. The largest absolute Gasteiger partial charge is 0.481 e. The molecule has 1 unspecified atom stereocenters. The fourth-order valence-corrected chi connectivity index (χ4v) is 1.97. The van der Waals surface area contributed by atoms with Gasteiger partial charge >= 0.3 is 5.97 Å². The van der Waals surface area contributed by atoms with E-state index in [1.807, 2.05) is 6.92 Å². The Morgan fingerprint density at radius 1 is 1.55 bits per heavy atom. The number of aromatic amines is 1. The molecule has 0 radical (unpaired) electrons. The number of nitrogens with one attached hydrogen (secondary N) is 1. The lowest BCUT2D eigenvalue weighted by Crippen LogP contribution is -2.18. The monoisotopic (exact) mass is 277 g/mol. The minimum absolute atomic E-state index is 0.0989. The van der Waals surface area contributed by atoms with Gasteiger partial charge in [0, 0.05) is 18.0 Å². The minimum Gasteiger partial charge on any atom is -0.481 e. The first-order valence-electron chi connectivity index (χ1n) is 6.22. The fourth-order valence-electron chi connectivity index (χ4n) is 1.97. The molecule has 1 atom stereocenters. The number of rotatable bonds is 5. The maximum atomic E-state index is 12.0. The van der Waals surface area contributed by atoms with Gasteiger partial charge in [-0.25, -0.2) is 4.68 Å². The molecular weight excluding hydrogens is 262 g/mol. The number of carboxylic acids is 1. The fraction of sp³-hybridized carbons (Fsp3) is 0.417. The molecule has 0 saturated heterocycles. The lowest BCUT2D eigenvalue weighted by Gasteiger charge is -2.13. The molecule has 0 bridgehead atoms. The van der Waals surface area contributed by atoms with E-state index in [1.54, 1.807) is 6.92 Å². The first-order chi connectivity index (χ1) is 9.52. The zero-order valence-corrected chi connectivity index (χ0v) is 11.2. The van der Waals surface area contributed by atoms with Gasteiger partial charge < -0.3 is 10.1 Å². The molecule has 0 fully saturated rings. The zero-order chi connectivity index (χ0) is 14.7. The Bertz CT molecular complexity index is 676. The second-order valence-electron chi connectivity index (χ2n) is 4.50. The van der Waals surface area contributed by atoms with Crippen LogP contribution in [0.15, 0.2) is 17.1 Å². The van der Waals surface area contributed by atoms with Crippen LogP contribution in [0.25, 0.3) is 11.4 Å². The van der Waals surface area contributed by atoms with E-state index in [2.05, 4.69) is 20.5 Å². The Morgan fingerprint density at radius 2 is 2.30 bits per heavy atom. The summed E-state index contributed by atoms with van der Waals surface area (Å²) < 4.78 is 1.40. The molecule has 2 heterocycles. The van der Waals surface area contributed by atoms with Gasteiger partial charge in [0.25, 0.3) is 0 Å². The van der Waals surface area contributed by atoms with Crippen LogP contribution >= 0.6 is 0 Å². The second-order valence-corrected chi connectivity index (χ2v) is 4.50. The summed E-state index contributed by atoms with van der Waals surface area (Å²) in [7, 11) is 0. The first kappa shape index (κ1) is 13.9. The summed E-state index contributed by atoms with van der Waals surface area (Å²) in [5.74, 6) is -0.657. The summed E-state index contributed by atoms with van der Waals surface area (Å²) in [6.45, 7) is 3.62. The molecule has 106 valence electrons. The molecule has 2 aromatic heterocycles. The summed E-state index contributed by atoms with van der Waals surface area (Å²) in [4.78, 5) is 25.8. The topological polar surface area (TPSA) is 114 Å². The van der Waals surface area contributed by atoms with Crippen LogP contribution in [0.3, 0.4) is 0 Å². The summed E-state index contributed by atoms with van der Waals surface area (Å²) in [5, 5.41) is 20.1. The van der Waals surface area contributed by atoms with Gasteiger partial charge in [-0.2, -0.15) is 0 Å². The van der Waals surface area contributed by atoms with Gasteiger partial charge in [-0.3, -0.25) is 9.59 Å². The quantitative estimate of drug-likeness (QED) is 0.834. The van der Waals surface area contributed by atoms with Crippen LogP contribution in [0.1, 0.15) is 31.5 Å². The van der Waals surface area contributed by atoms with Gasteiger partial charge in [-0.15, -0.1) is 5.10 Å². The van der Waals surface area contributed by atoms with Crippen molar-refractivity contribution >= 4 is 5.97 Å². The van der Waals surface area contributed by atoms with E-state index in [1.165, 1.54) is 16.9 Å². The van der Waals surface area contributed by atoms with Crippen LogP contribution in [0.2, 0.25) is 0 Å². The number of aromatic nitrogens is 5. The number of H-pyrrole nitrogens is 1. The Labute approximate surface area is 114 Å². The van der Waals surface area contributed by atoms with Crippen molar-refractivity contribution in [3.05, 3.63) is 28.2 Å². The van der Waals surface area contributed by atoms with Crippen LogP contribution < -0.4 is 5.43 Å². The number of hydrogen-bond donors (Lipinski definition) is 2. The van der Waals surface area contributed by atoms with E-state index in [0.717, 1.165) is 5.69 Å². The van der Waals surface area contributed by atoms with Gasteiger partial charge in [0.05, 0.1) is 18.0 Å². The summed E-state index contributed by atoms with van der Waals surface area (Å²) in [5.41, 5.74) is 0.849. The second kappa shape index (κ2) is 5.64. The molecule has 2 rings (SSSR count). The van der Waals surface area contributed by atoms with Crippen LogP contribution in [0.5, 0.6) is 0 Å². The average molecular weight is 277 g/mol. The van der Waals surface area contributed by atoms with Crippen molar-refractivity contribution < 1.29 is 9.90 Å². The molecule has 0 aliphatic rings. The summed E-state index contributed by atoms with van der Waals surface area (Å²) >= 11 is 0. The number of hydrogen-bond acceptors (Lipinski definition) is 5. The Kier molecular flexibility index (Phi) is 3.92. The molecule has 0 aromatic carbocycles. The van der Waals surface area contributed by atoms with Crippen molar-refractivity contribution in [3.63, 3.8) is 0 Å². The third kappa shape index (κ3) is 2.73. The molecule has 0 saturated carbocycles. The van der Waals surface area contributed by atoms with Gasteiger partial charge in [0.1, 0.15) is 0 Å². The third-order valence-electron chi connectivity index (χ3n) is 3.02. The van der Waals surface area contributed by atoms with Crippen LogP contribution in [0.4, 0.5) is 0 Å². The Morgan fingerprint density at radius 3 is 2.90 bits per heavy atom. The van der Waals surface area contributed by atoms with Crippen molar-refractivity contribution in [3.8, 4) is 11.4 Å². The predicted molar refractivity (Wildman–Crippen MR) is 70.2 cm³/mol. The van der Waals surface area contributed by atoms with Gasteiger partial charge in [-0.1, -0.05) is 6.92 Å². The molecule has 8 nitrogen and oxygen atoms in total. The van der Waals surface area contributed by atoms with E-state index in [0.29, 0.717) is 12.0 Å². The normalized spacial score (nSPS) is 12.3. The molecule has 0 amide bonds. The van der Waals surface area contributed by atoms with Crippen molar-refractivity contribution in [2.24, 2.45) is 0 Å². The van der Waals surface area contributed by atoms with Gasteiger partial charge in [-0.05, 0) is 23.8 Å². The lowest BCUT2D eigenvalue weighted by molar-refractivity contribution is -0.138. The van der Waals surface area contributed by atoms with Crippen molar-refractivity contribution in [2.75, 3.05) is 0 Å². The van der Waals surface area contributed by atoms with Crippen LogP contribution in [-0.2, 0) is 4.79 Å². The van der Waals surface area contributed by atoms with E-state index in [-0.39, 0.29) is 17.7 Å². The van der Waals surface area contributed by atoms with Crippen molar-refractivity contribution in [1.82, 2.24) is 25.2 Å².